The van der Waals surface area contributed by atoms with Gasteiger partial charge in [0, 0.05) is 0 Å². The van der Waals surface area contributed by atoms with E-state index in [1.807, 2.05) is 12.1 Å². The van der Waals surface area contributed by atoms with Crippen LogP contribution < -0.4 is 30.3 Å². The van der Waals surface area contributed by atoms with Crippen molar-refractivity contribution in [2.75, 3.05) is 41.8 Å². The van der Waals surface area contributed by atoms with Crippen LogP contribution in [0.15, 0.2) is 53.2 Å². The van der Waals surface area contributed by atoms with Crippen LogP contribution in [0.2, 0.25) is 0 Å². The van der Waals surface area contributed by atoms with Crippen molar-refractivity contribution in [2.45, 2.75) is 19.5 Å². The maximum atomic E-state index is 15.3. The molecule has 1 aromatic carbocycles. The van der Waals surface area contributed by atoms with Crippen molar-refractivity contribution >= 4 is 11.4 Å². The fourth-order valence-electron chi connectivity index (χ4n) is 4.17. The van der Waals surface area contributed by atoms with E-state index in [0.717, 1.165) is 18.8 Å². The molecule has 0 unspecified atom stereocenters. The molecule has 40 heavy (non-hydrogen) atoms. The van der Waals surface area contributed by atoms with Crippen molar-refractivity contribution in [3.63, 3.8) is 0 Å². The number of nitrogens with zero attached hydrogens (tertiary/aromatic N) is 6. The number of aromatic nitrogens is 4. The fraction of sp³-hybridized carbons (Fsp3) is 0.308. The van der Waals surface area contributed by atoms with Gasteiger partial charge >= 0.3 is 226 Å². The summed E-state index contributed by atoms with van der Waals surface area (Å²) in [5.41, 5.74) is 4.02. The third kappa shape index (κ3) is 6.68. The molecule has 1 saturated heterocycles. The number of hydrogen-bond donors (Lipinski definition) is 2. The number of ether oxygens (including phenoxy) is 1. The van der Waals surface area contributed by atoms with Crippen molar-refractivity contribution in [3.8, 4) is 22.6 Å². The van der Waals surface area contributed by atoms with E-state index < -0.39 is 40.0 Å². The van der Waals surface area contributed by atoms with Crippen LogP contribution in [0.3, 0.4) is 0 Å². The van der Waals surface area contributed by atoms with Gasteiger partial charge in [0.25, 0.3) is 0 Å². The average molecular weight is 668 g/mol. The molecule has 1 aliphatic rings. The minimum absolute atomic E-state index is 0.0561. The predicted molar refractivity (Wildman–Crippen MR) is 136 cm³/mol. The number of rotatable bonds is 10. The number of anilines is 2. The van der Waals surface area contributed by atoms with E-state index in [4.69, 9.17) is 9.15 Å². The summed E-state index contributed by atoms with van der Waals surface area (Å²) in [6.07, 6.45) is 0.248. The molecule has 2 N–H and O–H groups in total. The molecule has 0 amide bonds. The van der Waals surface area contributed by atoms with Crippen LogP contribution in [0.5, 0.6) is 0 Å². The second-order valence-corrected chi connectivity index (χ2v) is 10.8. The molecule has 4 aromatic rings. The summed E-state index contributed by atoms with van der Waals surface area (Å²) < 4.78 is 62.7. The number of pyridine rings is 2. The molecule has 0 radical (unpaired) electrons. The summed E-state index contributed by atoms with van der Waals surface area (Å²) in [4.78, 5) is 11.1. The summed E-state index contributed by atoms with van der Waals surface area (Å²) in [5, 5.41) is 10.1. The Bertz CT molecular complexity index is 1420. The third-order valence-electron chi connectivity index (χ3n) is 6.31. The summed E-state index contributed by atoms with van der Waals surface area (Å²) in [6, 6.07) is 10.1. The zero-order valence-electron chi connectivity index (χ0n) is 21.4. The molecule has 5 rings (SSSR count). The number of alkyl halides is 2. The Labute approximate surface area is 239 Å². The first kappa shape index (κ1) is 28.2. The van der Waals surface area contributed by atoms with E-state index in [9.17, 15) is 12.2 Å². The molecule has 4 heterocycles. The summed E-state index contributed by atoms with van der Waals surface area (Å²) in [6.45, 7) is 4.07. The van der Waals surface area contributed by atoms with Gasteiger partial charge in [-0.15, -0.1) is 0 Å². The van der Waals surface area contributed by atoms with Crippen molar-refractivity contribution in [1.29, 1.82) is 0 Å². The van der Waals surface area contributed by atoms with Crippen LogP contribution in [-0.2, 0) is 17.8 Å². The van der Waals surface area contributed by atoms with Crippen molar-refractivity contribution < 1.29 is 47.7 Å². The molecule has 3 aromatic heterocycles. The van der Waals surface area contributed by atoms with E-state index in [1.165, 1.54) is 12.3 Å². The van der Waals surface area contributed by atoms with Gasteiger partial charge in [-0.05, 0) is 0 Å². The molecular formula is C26H26F3IN7O3-. The monoisotopic (exact) mass is 668 g/mol. The molecule has 0 spiro atoms. The Balaban J connectivity index is 1.30. The van der Waals surface area contributed by atoms with Crippen molar-refractivity contribution in [2.24, 2.45) is 0 Å². The normalized spacial score (nSPS) is 14.2. The molecule has 0 aliphatic carbocycles. The topological polar surface area (TPSA) is 113 Å². The predicted octanol–water partition coefficient (Wildman–Crippen LogP) is 1.06. The van der Waals surface area contributed by atoms with Gasteiger partial charge in [0.15, 0.2) is 0 Å². The molecular weight excluding hydrogens is 642 g/mol. The summed E-state index contributed by atoms with van der Waals surface area (Å²) in [5.74, 6) is -1.25. The van der Waals surface area contributed by atoms with Crippen LogP contribution in [0.1, 0.15) is 23.7 Å². The average Bonchev–Trinajstić information content (AvgIpc) is 3.48. The van der Waals surface area contributed by atoms with Crippen LogP contribution in [-0.4, -0.2) is 61.9 Å². The molecule has 0 atom stereocenters. The minimum atomic E-state index is -2.85. The quantitative estimate of drug-likeness (QED) is 0.188. The van der Waals surface area contributed by atoms with E-state index in [1.54, 1.807) is 34.6 Å². The van der Waals surface area contributed by atoms with Gasteiger partial charge in [-0.25, -0.2) is 0 Å². The molecule has 212 valence electrons. The van der Waals surface area contributed by atoms with Crippen LogP contribution in [0.25, 0.3) is 22.6 Å². The SMILES string of the molecule is CN([I-]O)c1cc(-c2ccc(CN3CCOCC3)nc2)c(F)cc1NCc1ccc(-c2nnc(C(F)F)o2)cn1. The Hall–Kier alpha value is -3.34. The molecule has 0 bridgehead atoms. The molecule has 14 heteroatoms. The number of morpholine rings is 1. The molecule has 10 nitrogen and oxygen atoms in total. The second-order valence-electron chi connectivity index (χ2n) is 8.97. The van der Waals surface area contributed by atoms with Crippen molar-refractivity contribution in [1.82, 2.24) is 25.1 Å². The first-order chi connectivity index (χ1) is 19.4. The summed E-state index contributed by atoms with van der Waals surface area (Å²) in [7, 11) is 1.74. The van der Waals surface area contributed by atoms with Gasteiger partial charge < -0.3 is 4.74 Å². The van der Waals surface area contributed by atoms with Gasteiger partial charge in [0.1, 0.15) is 0 Å². The van der Waals surface area contributed by atoms with E-state index in [0.29, 0.717) is 53.5 Å². The Morgan fingerprint density at radius 1 is 1.05 bits per heavy atom. The van der Waals surface area contributed by atoms with E-state index in [-0.39, 0.29) is 12.4 Å². The first-order valence-corrected chi connectivity index (χ1v) is 14.3. The van der Waals surface area contributed by atoms with Crippen LogP contribution in [0, 0.1) is 5.82 Å². The Morgan fingerprint density at radius 2 is 1.77 bits per heavy atom. The standard InChI is InChI=1S/C26H26F3IN7O3/c1-36(30-38)23-10-20(16-2-5-19(32-12-16)15-37-6-8-39-9-7-37)21(27)11-22(23)33-14-18-4-3-17(13-31-18)25-34-35-26(40-25)24(28)29/h2-5,10-13,24,33,38H,6-9,14-15H2,1H3/q-1. The summed E-state index contributed by atoms with van der Waals surface area (Å²) >= 11 is -1.31. The molecule has 1 aliphatic heterocycles. The number of halogens is 4. The van der Waals surface area contributed by atoms with Gasteiger partial charge in [-0.3, -0.25) is 0 Å². The molecule has 0 saturated carbocycles. The second kappa shape index (κ2) is 12.9. The van der Waals surface area contributed by atoms with Crippen molar-refractivity contribution in [3.05, 3.63) is 71.9 Å². The van der Waals surface area contributed by atoms with E-state index >= 15 is 4.39 Å². The van der Waals surface area contributed by atoms with Gasteiger partial charge in [-0.1, -0.05) is 0 Å². The van der Waals surface area contributed by atoms with Gasteiger partial charge in [0.2, 0.25) is 0 Å². The first-order valence-electron chi connectivity index (χ1n) is 12.3. The third-order valence-corrected chi connectivity index (χ3v) is 7.48. The Morgan fingerprint density at radius 3 is 2.42 bits per heavy atom. The zero-order chi connectivity index (χ0) is 28.1. The number of hydrogen-bond acceptors (Lipinski definition) is 10. The zero-order valence-corrected chi connectivity index (χ0v) is 23.6. The maximum absolute atomic E-state index is 15.3. The van der Waals surface area contributed by atoms with Gasteiger partial charge in [0.05, 0.1) is 0 Å². The fourth-order valence-corrected chi connectivity index (χ4v) is 4.80. The van der Waals surface area contributed by atoms with Crippen LogP contribution >= 0.6 is 0 Å². The van der Waals surface area contributed by atoms with Crippen LogP contribution in [0.4, 0.5) is 24.5 Å². The van der Waals surface area contributed by atoms with E-state index in [2.05, 4.69) is 30.4 Å². The van der Waals surface area contributed by atoms with Gasteiger partial charge in [-0.2, -0.15) is 8.78 Å². The number of nitrogens with one attached hydrogen (secondary N) is 1. The number of benzene rings is 1. The molecule has 1 fully saturated rings. The Kier molecular flexibility index (Phi) is 9.08.